The summed E-state index contributed by atoms with van der Waals surface area (Å²) in [7, 11) is 0. The van der Waals surface area contributed by atoms with E-state index in [1.165, 1.54) is 0 Å². The minimum Gasteiger partial charge on any atom is -0.508 e. The minimum atomic E-state index is -0.246. The summed E-state index contributed by atoms with van der Waals surface area (Å²) in [5.74, 6) is 0.750. The Morgan fingerprint density at radius 3 is 2.34 bits per heavy atom. The number of amides is 1. The van der Waals surface area contributed by atoms with Gasteiger partial charge in [0.05, 0.1) is 5.69 Å². The molecule has 3 heterocycles. The van der Waals surface area contributed by atoms with Crippen LogP contribution in [0.25, 0.3) is 17.2 Å². The molecular weight excluding hydrogens is 426 g/mol. The number of aromatic nitrogens is 4. The van der Waals surface area contributed by atoms with E-state index in [1.54, 1.807) is 16.8 Å². The van der Waals surface area contributed by atoms with Crippen LogP contribution >= 0.6 is 11.6 Å². The Morgan fingerprint density at radius 1 is 1.03 bits per heavy atom. The molecule has 0 saturated heterocycles. The number of halogens is 1. The quantitative estimate of drug-likeness (QED) is 0.473. The van der Waals surface area contributed by atoms with Crippen molar-refractivity contribution in [2.75, 3.05) is 5.32 Å². The Bertz CT molecular complexity index is 1310. The largest absolute Gasteiger partial charge is 0.508 e. The number of phenolic OH excluding ortho intramolecular Hbond substituents is 1. The van der Waals surface area contributed by atoms with Crippen LogP contribution in [-0.4, -0.2) is 30.8 Å². The van der Waals surface area contributed by atoms with Crippen molar-refractivity contribution in [2.45, 2.75) is 26.2 Å². The van der Waals surface area contributed by atoms with Crippen molar-refractivity contribution in [1.29, 1.82) is 0 Å². The first-order valence-corrected chi connectivity index (χ1v) is 10.6. The maximum Gasteiger partial charge on any atom is 0.252 e. The van der Waals surface area contributed by atoms with Crippen LogP contribution in [0.1, 0.15) is 34.9 Å². The van der Waals surface area contributed by atoms with Crippen LogP contribution in [-0.2, 0) is 4.79 Å². The third-order valence-electron chi connectivity index (χ3n) is 5.49. The summed E-state index contributed by atoms with van der Waals surface area (Å²) >= 11 is 6.11. The number of anilines is 1. The van der Waals surface area contributed by atoms with Crippen LogP contribution in [0.2, 0.25) is 5.02 Å². The molecule has 2 aromatic heterocycles. The highest BCUT2D eigenvalue weighted by Crippen LogP contribution is 2.44. The Balaban J connectivity index is 1.78. The number of carbonyl (C=O) groups excluding carboxylic acids is 1. The van der Waals surface area contributed by atoms with Crippen LogP contribution in [0.5, 0.6) is 5.75 Å². The van der Waals surface area contributed by atoms with E-state index in [0.29, 0.717) is 16.8 Å². The highest BCUT2D eigenvalue weighted by Gasteiger charge is 2.35. The number of nitrogens with one attached hydrogen (secondary N) is 1. The second-order valence-electron chi connectivity index (χ2n) is 7.88. The Kier molecular flexibility index (Phi) is 4.90. The molecule has 7 nitrogen and oxygen atoms in total. The number of nitrogens with zero attached hydrogens (tertiary/aromatic N) is 4. The van der Waals surface area contributed by atoms with Gasteiger partial charge in [-0.3, -0.25) is 4.79 Å². The lowest BCUT2D eigenvalue weighted by Crippen LogP contribution is -2.25. The van der Waals surface area contributed by atoms with Crippen molar-refractivity contribution in [3.05, 3.63) is 82.1 Å². The SMILES string of the molecule is Cc1cc(C)nc(-n2nc(-c3ccc(Cl)cc3)c3c2NC(=O)C[C@H]3c2ccc(O)cc2)n1. The molecule has 1 aliphatic heterocycles. The Morgan fingerprint density at radius 2 is 1.69 bits per heavy atom. The molecule has 5 rings (SSSR count). The van der Waals surface area contributed by atoms with Crippen molar-refractivity contribution in [2.24, 2.45) is 0 Å². The summed E-state index contributed by atoms with van der Waals surface area (Å²) in [5.41, 5.74) is 4.99. The number of phenols is 1. The molecule has 0 spiro atoms. The van der Waals surface area contributed by atoms with E-state index >= 15 is 0 Å². The van der Waals surface area contributed by atoms with Crippen LogP contribution in [0.15, 0.2) is 54.6 Å². The number of hydrogen-bond acceptors (Lipinski definition) is 5. The first kappa shape index (κ1) is 20.2. The fourth-order valence-electron chi connectivity index (χ4n) is 4.11. The van der Waals surface area contributed by atoms with Gasteiger partial charge < -0.3 is 10.4 Å². The number of aryl methyl sites for hydroxylation is 2. The Labute approximate surface area is 189 Å². The van der Waals surface area contributed by atoms with Gasteiger partial charge in [0.2, 0.25) is 5.91 Å². The maximum absolute atomic E-state index is 12.7. The molecule has 0 fully saturated rings. The summed E-state index contributed by atoms with van der Waals surface area (Å²) in [6.07, 6.45) is 0.262. The van der Waals surface area contributed by atoms with E-state index in [0.717, 1.165) is 33.8 Å². The lowest BCUT2D eigenvalue weighted by atomic mass is 9.84. The molecule has 0 aliphatic carbocycles. The molecule has 0 saturated carbocycles. The molecule has 8 heteroatoms. The van der Waals surface area contributed by atoms with Gasteiger partial charge in [0.25, 0.3) is 5.95 Å². The van der Waals surface area contributed by atoms with Crippen LogP contribution in [0.3, 0.4) is 0 Å². The summed E-state index contributed by atoms with van der Waals surface area (Å²) in [5, 5.41) is 18.2. The second kappa shape index (κ2) is 7.76. The molecule has 0 radical (unpaired) electrons. The van der Waals surface area contributed by atoms with E-state index in [1.807, 2.05) is 56.3 Å². The molecule has 4 aromatic rings. The topological polar surface area (TPSA) is 92.9 Å². The monoisotopic (exact) mass is 445 g/mol. The zero-order valence-electron chi connectivity index (χ0n) is 17.5. The third kappa shape index (κ3) is 3.61. The number of carbonyl (C=O) groups is 1. The highest BCUT2D eigenvalue weighted by atomic mass is 35.5. The second-order valence-corrected chi connectivity index (χ2v) is 8.31. The smallest absolute Gasteiger partial charge is 0.252 e. The molecule has 0 bridgehead atoms. The highest BCUT2D eigenvalue weighted by molar-refractivity contribution is 6.30. The molecule has 2 N–H and O–H groups in total. The van der Waals surface area contributed by atoms with Gasteiger partial charge in [-0.2, -0.15) is 9.78 Å². The van der Waals surface area contributed by atoms with Crippen LogP contribution in [0.4, 0.5) is 5.82 Å². The van der Waals surface area contributed by atoms with E-state index in [9.17, 15) is 9.90 Å². The molecule has 160 valence electrons. The minimum absolute atomic E-state index is 0.122. The fraction of sp³-hybridized carbons (Fsp3) is 0.167. The molecule has 2 aromatic carbocycles. The van der Waals surface area contributed by atoms with Crippen molar-refractivity contribution in [3.63, 3.8) is 0 Å². The van der Waals surface area contributed by atoms with Gasteiger partial charge in [-0.15, -0.1) is 0 Å². The summed E-state index contributed by atoms with van der Waals surface area (Å²) < 4.78 is 1.60. The molecule has 1 atom stereocenters. The summed E-state index contributed by atoms with van der Waals surface area (Å²) in [6.45, 7) is 3.79. The van der Waals surface area contributed by atoms with Gasteiger partial charge in [-0.05, 0) is 49.7 Å². The average molecular weight is 446 g/mol. The summed E-state index contributed by atoms with van der Waals surface area (Å²) in [4.78, 5) is 21.8. The van der Waals surface area contributed by atoms with E-state index < -0.39 is 0 Å². The zero-order valence-corrected chi connectivity index (χ0v) is 18.3. The Hall–Kier alpha value is -3.71. The van der Waals surface area contributed by atoms with Crippen molar-refractivity contribution in [1.82, 2.24) is 19.7 Å². The standard InChI is InChI=1S/C24H20ClN5O2/c1-13-11-14(2)27-24(26-13)30-23-21(22(29-30)16-3-7-17(25)8-4-16)19(12-20(32)28-23)15-5-9-18(31)10-6-15/h3-11,19,31H,12H2,1-2H3,(H,28,32)/t19-/m0/s1. The number of fused-ring (bicyclic) bond motifs is 1. The van der Waals surface area contributed by atoms with Crippen LogP contribution in [0, 0.1) is 13.8 Å². The van der Waals surface area contributed by atoms with Crippen molar-refractivity contribution < 1.29 is 9.90 Å². The van der Waals surface area contributed by atoms with Gasteiger partial charge in [-0.25, -0.2) is 9.97 Å². The normalized spacial score (nSPS) is 15.3. The predicted molar refractivity (Wildman–Crippen MR) is 122 cm³/mol. The fourth-order valence-corrected chi connectivity index (χ4v) is 4.24. The molecule has 0 unspecified atom stereocenters. The van der Waals surface area contributed by atoms with E-state index in [2.05, 4.69) is 15.3 Å². The lowest BCUT2D eigenvalue weighted by molar-refractivity contribution is -0.116. The third-order valence-corrected chi connectivity index (χ3v) is 5.74. The zero-order chi connectivity index (χ0) is 22.4. The first-order valence-electron chi connectivity index (χ1n) is 10.2. The molecule has 1 amide bonds. The van der Waals surface area contributed by atoms with Crippen molar-refractivity contribution >= 4 is 23.3 Å². The van der Waals surface area contributed by atoms with Gasteiger partial charge in [0.15, 0.2) is 0 Å². The number of rotatable bonds is 3. The van der Waals surface area contributed by atoms with E-state index in [-0.39, 0.29) is 24.0 Å². The number of hydrogen-bond donors (Lipinski definition) is 2. The molecular formula is C24H20ClN5O2. The van der Waals surface area contributed by atoms with Gasteiger partial charge >= 0.3 is 0 Å². The maximum atomic E-state index is 12.7. The summed E-state index contributed by atoms with van der Waals surface area (Å²) in [6, 6.07) is 16.2. The number of benzene rings is 2. The first-order chi connectivity index (χ1) is 15.4. The predicted octanol–water partition coefficient (Wildman–Crippen LogP) is 4.78. The molecule has 1 aliphatic rings. The molecule has 32 heavy (non-hydrogen) atoms. The average Bonchev–Trinajstić information content (AvgIpc) is 3.13. The van der Waals surface area contributed by atoms with Crippen molar-refractivity contribution in [3.8, 4) is 23.0 Å². The van der Waals surface area contributed by atoms with Gasteiger partial charge in [0.1, 0.15) is 11.6 Å². The van der Waals surface area contributed by atoms with Gasteiger partial charge in [-0.1, -0.05) is 35.9 Å². The van der Waals surface area contributed by atoms with Gasteiger partial charge in [0, 0.05) is 39.9 Å². The lowest BCUT2D eigenvalue weighted by Gasteiger charge is -2.24. The van der Waals surface area contributed by atoms with E-state index in [4.69, 9.17) is 16.7 Å². The van der Waals surface area contributed by atoms with Crippen LogP contribution < -0.4 is 5.32 Å². The number of aromatic hydroxyl groups is 1.